The molecule has 0 radical (unpaired) electrons. The number of rotatable bonds is 10. The first kappa shape index (κ1) is 41.2. The number of fused-ring (bicyclic) bond motifs is 6. The van der Waals surface area contributed by atoms with Crippen LogP contribution in [0.5, 0.6) is 0 Å². The van der Waals surface area contributed by atoms with E-state index in [9.17, 15) is 0 Å². The minimum atomic E-state index is -2.71. The lowest BCUT2D eigenvalue weighted by molar-refractivity contribution is 0.669. The van der Waals surface area contributed by atoms with Crippen molar-refractivity contribution in [3.8, 4) is 27.9 Å². The van der Waals surface area contributed by atoms with E-state index in [2.05, 4.69) is 276 Å². The second kappa shape index (κ2) is 17.3. The molecule has 0 saturated heterocycles. The minimum Gasteiger partial charge on any atom is -0.456 e. The first-order valence-corrected chi connectivity index (χ1v) is 26.0. The van der Waals surface area contributed by atoms with Crippen LogP contribution in [0.15, 0.2) is 283 Å². The van der Waals surface area contributed by atoms with E-state index < -0.39 is 8.07 Å². The lowest BCUT2D eigenvalue weighted by Crippen LogP contribution is -2.74. The van der Waals surface area contributed by atoms with Crippen LogP contribution in [-0.2, 0) is 0 Å². The zero-order valence-electron chi connectivity index (χ0n) is 38.4. The molecule has 11 aromatic carbocycles. The molecule has 13 aromatic rings. The predicted molar refractivity (Wildman–Crippen MR) is 297 cm³/mol. The van der Waals surface area contributed by atoms with Crippen LogP contribution in [0.1, 0.15) is 0 Å². The van der Waals surface area contributed by atoms with Crippen molar-refractivity contribution in [2.45, 2.75) is 0 Å². The summed E-state index contributed by atoms with van der Waals surface area (Å²) in [6.45, 7) is 0. The monoisotopic (exact) mass is 910 g/mol. The normalized spacial score (nSPS) is 11.7. The molecule has 0 amide bonds. The standard InChI is InChI=1S/C66H46N2OSi/c1-4-16-55(17-5-1)70(56-18-6-2-7-19-56,57-20-8-3-9-21-57)58-43-41-53(42-44-58)67(52-37-32-49(33-38-52)50-34-45-66-62(46-50)61-24-12-15-27-65(61)69-66)51-35-28-47(29-36-51)48-30-39-54(40-31-48)68-63-25-13-10-22-59(63)60-23-11-14-26-64(60)68/h1-46H. The van der Waals surface area contributed by atoms with Crippen molar-refractivity contribution >= 4 is 89.6 Å². The van der Waals surface area contributed by atoms with E-state index in [4.69, 9.17) is 4.42 Å². The fraction of sp³-hybridized carbons (Fsp3) is 0. The molecule has 0 aliphatic rings. The average molecular weight is 911 g/mol. The number of hydrogen-bond donors (Lipinski definition) is 0. The Morgan fingerprint density at radius 2 is 0.657 bits per heavy atom. The Morgan fingerprint density at radius 3 is 1.17 bits per heavy atom. The van der Waals surface area contributed by atoms with E-state index in [0.29, 0.717) is 0 Å². The summed E-state index contributed by atoms with van der Waals surface area (Å²) >= 11 is 0. The number of para-hydroxylation sites is 3. The molecule has 3 nitrogen and oxygen atoms in total. The van der Waals surface area contributed by atoms with Crippen molar-refractivity contribution < 1.29 is 4.42 Å². The van der Waals surface area contributed by atoms with Gasteiger partial charge in [-0.3, -0.25) is 0 Å². The number of anilines is 3. The third kappa shape index (κ3) is 6.96. The maximum absolute atomic E-state index is 6.18. The maximum Gasteiger partial charge on any atom is 0.179 e. The molecule has 330 valence electrons. The molecule has 13 rings (SSSR count). The molecule has 0 aliphatic carbocycles. The molecule has 0 N–H and O–H groups in total. The first-order valence-electron chi connectivity index (χ1n) is 24.0. The Labute approximate surface area is 408 Å². The van der Waals surface area contributed by atoms with Gasteiger partial charge in [0.2, 0.25) is 0 Å². The average Bonchev–Trinajstić information content (AvgIpc) is 3.99. The summed E-state index contributed by atoms with van der Waals surface area (Å²) in [7, 11) is -2.71. The van der Waals surface area contributed by atoms with Gasteiger partial charge in [0.25, 0.3) is 0 Å². The first-order chi connectivity index (χ1) is 34.7. The van der Waals surface area contributed by atoms with Gasteiger partial charge >= 0.3 is 0 Å². The second-order valence-corrected chi connectivity index (χ2v) is 21.9. The SMILES string of the molecule is c1ccc([Si](c2ccccc2)(c2ccccc2)c2ccc(N(c3ccc(-c4ccc(-n5c6ccccc6c6ccccc65)cc4)cc3)c3ccc(-c4ccc5oc6ccccc6c5c4)cc3)cc2)cc1. The largest absolute Gasteiger partial charge is 0.456 e. The molecule has 0 aliphatic heterocycles. The molecule has 2 heterocycles. The molecular formula is C66H46N2OSi. The van der Waals surface area contributed by atoms with Crippen LogP contribution in [0.25, 0.3) is 71.7 Å². The van der Waals surface area contributed by atoms with Gasteiger partial charge in [-0.1, -0.05) is 200 Å². The van der Waals surface area contributed by atoms with Crippen molar-refractivity contribution in [2.75, 3.05) is 4.90 Å². The third-order valence-electron chi connectivity index (χ3n) is 14.2. The van der Waals surface area contributed by atoms with Crippen molar-refractivity contribution in [1.29, 1.82) is 0 Å². The molecule has 0 saturated carbocycles. The van der Waals surface area contributed by atoms with Gasteiger partial charge in [0, 0.05) is 44.3 Å². The van der Waals surface area contributed by atoms with E-state index in [1.165, 1.54) is 48.1 Å². The second-order valence-electron chi connectivity index (χ2n) is 18.0. The summed E-state index contributed by atoms with van der Waals surface area (Å²) in [5, 5.41) is 10.2. The van der Waals surface area contributed by atoms with Crippen LogP contribution < -0.4 is 25.6 Å². The highest BCUT2D eigenvalue weighted by Gasteiger charge is 2.41. The summed E-state index contributed by atoms with van der Waals surface area (Å²) in [6, 6.07) is 102. The number of hydrogen-bond acceptors (Lipinski definition) is 2. The smallest absolute Gasteiger partial charge is 0.179 e. The van der Waals surface area contributed by atoms with Crippen molar-refractivity contribution in [3.63, 3.8) is 0 Å². The molecule has 0 fully saturated rings. The van der Waals surface area contributed by atoms with E-state index in [1.54, 1.807) is 0 Å². The van der Waals surface area contributed by atoms with E-state index >= 15 is 0 Å². The van der Waals surface area contributed by atoms with Gasteiger partial charge in [0.1, 0.15) is 11.2 Å². The van der Waals surface area contributed by atoms with Crippen LogP contribution in [0, 0.1) is 0 Å². The van der Waals surface area contributed by atoms with E-state index in [-0.39, 0.29) is 0 Å². The molecule has 2 aromatic heterocycles. The van der Waals surface area contributed by atoms with E-state index in [0.717, 1.165) is 61.4 Å². The molecule has 0 spiro atoms. The lowest BCUT2D eigenvalue weighted by atomic mass is 10.0. The van der Waals surface area contributed by atoms with Gasteiger partial charge in [-0.25, -0.2) is 0 Å². The number of aromatic nitrogens is 1. The highest BCUT2D eigenvalue weighted by atomic mass is 28.3. The molecule has 0 bridgehead atoms. The topological polar surface area (TPSA) is 21.3 Å². The van der Waals surface area contributed by atoms with Crippen LogP contribution in [-0.4, -0.2) is 12.6 Å². The van der Waals surface area contributed by atoms with Gasteiger partial charge in [-0.2, -0.15) is 0 Å². The zero-order chi connectivity index (χ0) is 46.4. The summed E-state index contributed by atoms with van der Waals surface area (Å²) in [5.74, 6) is 0. The van der Waals surface area contributed by atoms with Gasteiger partial charge < -0.3 is 13.9 Å². The predicted octanol–water partition coefficient (Wildman–Crippen LogP) is 14.9. The highest BCUT2D eigenvalue weighted by molar-refractivity contribution is 7.19. The van der Waals surface area contributed by atoms with Gasteiger partial charge in [0.05, 0.1) is 11.0 Å². The van der Waals surface area contributed by atoms with Gasteiger partial charge in [-0.15, -0.1) is 0 Å². The third-order valence-corrected chi connectivity index (χ3v) is 19.0. The highest BCUT2D eigenvalue weighted by Crippen LogP contribution is 2.39. The minimum absolute atomic E-state index is 0.901. The summed E-state index contributed by atoms with van der Waals surface area (Å²) in [6.07, 6.45) is 0. The van der Waals surface area contributed by atoms with Gasteiger partial charge in [0.15, 0.2) is 8.07 Å². The summed E-state index contributed by atoms with van der Waals surface area (Å²) in [5.41, 5.74) is 13.2. The Bertz CT molecular complexity index is 3810. The fourth-order valence-electron chi connectivity index (χ4n) is 10.9. The quantitative estimate of drug-likeness (QED) is 0.101. The van der Waals surface area contributed by atoms with Crippen molar-refractivity contribution in [3.05, 3.63) is 279 Å². The lowest BCUT2D eigenvalue weighted by Gasteiger charge is -2.35. The molecular weight excluding hydrogens is 865 g/mol. The molecule has 4 heteroatoms. The Morgan fingerprint density at radius 1 is 0.286 bits per heavy atom. The van der Waals surface area contributed by atoms with Crippen LogP contribution in [0.2, 0.25) is 0 Å². The Kier molecular flexibility index (Phi) is 10.2. The summed E-state index contributed by atoms with van der Waals surface area (Å²) in [4.78, 5) is 2.38. The van der Waals surface area contributed by atoms with Crippen LogP contribution in [0.3, 0.4) is 0 Å². The number of nitrogens with zero attached hydrogens (tertiary/aromatic N) is 2. The Hall–Kier alpha value is -8.96. The number of benzene rings is 11. The fourth-order valence-corrected chi connectivity index (χ4v) is 15.6. The van der Waals surface area contributed by atoms with Crippen LogP contribution >= 0.6 is 0 Å². The number of furan rings is 1. The summed E-state index contributed by atoms with van der Waals surface area (Å²) < 4.78 is 8.55. The van der Waals surface area contributed by atoms with Crippen molar-refractivity contribution in [2.24, 2.45) is 0 Å². The zero-order valence-corrected chi connectivity index (χ0v) is 39.4. The van der Waals surface area contributed by atoms with Crippen LogP contribution in [0.4, 0.5) is 17.1 Å². The molecule has 0 atom stereocenters. The van der Waals surface area contributed by atoms with E-state index in [1.807, 2.05) is 12.1 Å². The Balaban J connectivity index is 0.898. The van der Waals surface area contributed by atoms with Crippen molar-refractivity contribution in [1.82, 2.24) is 4.57 Å². The van der Waals surface area contributed by atoms with Gasteiger partial charge in [-0.05, 0) is 122 Å². The molecule has 70 heavy (non-hydrogen) atoms. The maximum atomic E-state index is 6.18. The molecule has 0 unspecified atom stereocenters.